The molecule has 0 bridgehead atoms. The van der Waals surface area contributed by atoms with Crippen LogP contribution in [0.15, 0.2) is 76.2 Å². The van der Waals surface area contributed by atoms with Gasteiger partial charge in [-0.05, 0) is 75.9 Å². The number of rotatable bonds is 5. The smallest absolute Gasteiger partial charge is 0.134 e. The van der Waals surface area contributed by atoms with Crippen LogP contribution in [0, 0.1) is 12.7 Å². The summed E-state index contributed by atoms with van der Waals surface area (Å²) in [6, 6.07) is 20.1. The van der Waals surface area contributed by atoms with Crippen molar-refractivity contribution in [2.45, 2.75) is 13.5 Å². The number of nitrogens with zero attached hydrogens (tertiary/aromatic N) is 1. The van der Waals surface area contributed by atoms with E-state index in [9.17, 15) is 4.39 Å². The fourth-order valence-electron chi connectivity index (χ4n) is 2.31. The number of hydrogen-bond acceptors (Lipinski definition) is 2. The predicted octanol–water partition coefficient (Wildman–Crippen LogP) is 6.23. The fraction of sp³-hybridized carbons (Fsp3) is 0.0952. The molecule has 0 atom stereocenters. The molecule has 126 valence electrons. The standard InChI is InChI=1S/C21H17BrFNO/c1-15-4-2-3-5-20(15)24-13-17-8-11-21(19(22)12-17)25-14-16-6-9-18(23)10-7-16/h2-13H,14H2,1H3. The van der Waals surface area contributed by atoms with Crippen LogP contribution in [0.4, 0.5) is 10.1 Å². The first-order chi connectivity index (χ1) is 12.1. The molecule has 0 N–H and O–H groups in total. The Labute approximate surface area is 155 Å². The van der Waals surface area contributed by atoms with Crippen LogP contribution in [0.5, 0.6) is 5.75 Å². The van der Waals surface area contributed by atoms with E-state index in [2.05, 4.69) is 20.9 Å². The van der Waals surface area contributed by atoms with E-state index in [1.165, 1.54) is 12.1 Å². The second-order valence-electron chi connectivity index (χ2n) is 5.65. The Morgan fingerprint density at radius 1 is 1.04 bits per heavy atom. The average Bonchev–Trinajstić information content (AvgIpc) is 2.62. The lowest BCUT2D eigenvalue weighted by Gasteiger charge is -2.09. The summed E-state index contributed by atoms with van der Waals surface area (Å²) in [5, 5.41) is 0. The van der Waals surface area contributed by atoms with Gasteiger partial charge in [-0.1, -0.05) is 30.3 Å². The average molecular weight is 398 g/mol. The van der Waals surface area contributed by atoms with E-state index in [1.807, 2.05) is 55.6 Å². The zero-order chi connectivity index (χ0) is 17.6. The second-order valence-corrected chi connectivity index (χ2v) is 6.50. The quantitative estimate of drug-likeness (QED) is 0.467. The maximum Gasteiger partial charge on any atom is 0.134 e. The second kappa shape index (κ2) is 8.08. The van der Waals surface area contributed by atoms with E-state index in [1.54, 1.807) is 12.1 Å². The molecule has 0 saturated heterocycles. The van der Waals surface area contributed by atoms with Gasteiger partial charge in [-0.15, -0.1) is 0 Å². The first-order valence-corrected chi connectivity index (χ1v) is 8.67. The van der Waals surface area contributed by atoms with Gasteiger partial charge in [-0.2, -0.15) is 0 Å². The van der Waals surface area contributed by atoms with Crippen molar-refractivity contribution < 1.29 is 9.13 Å². The zero-order valence-corrected chi connectivity index (χ0v) is 15.3. The Kier molecular flexibility index (Phi) is 5.61. The largest absolute Gasteiger partial charge is 0.488 e. The molecule has 0 fully saturated rings. The Morgan fingerprint density at radius 3 is 2.52 bits per heavy atom. The summed E-state index contributed by atoms with van der Waals surface area (Å²) >= 11 is 3.53. The minimum atomic E-state index is -0.248. The van der Waals surface area contributed by atoms with Gasteiger partial charge in [0.05, 0.1) is 10.2 Å². The molecule has 0 aromatic heterocycles. The van der Waals surface area contributed by atoms with Crippen LogP contribution in [-0.4, -0.2) is 6.21 Å². The molecular formula is C21H17BrFNO. The van der Waals surface area contributed by atoms with Gasteiger partial charge in [0.2, 0.25) is 0 Å². The van der Waals surface area contributed by atoms with E-state index in [-0.39, 0.29) is 5.82 Å². The molecule has 0 unspecified atom stereocenters. The highest BCUT2D eigenvalue weighted by Crippen LogP contribution is 2.27. The third-order valence-corrected chi connectivity index (χ3v) is 4.35. The molecule has 0 aliphatic rings. The highest BCUT2D eigenvalue weighted by Gasteiger charge is 2.03. The lowest BCUT2D eigenvalue weighted by Crippen LogP contribution is -1.96. The summed E-state index contributed by atoms with van der Waals surface area (Å²) < 4.78 is 19.6. The van der Waals surface area contributed by atoms with Crippen LogP contribution in [-0.2, 0) is 6.61 Å². The molecule has 3 rings (SSSR count). The van der Waals surface area contributed by atoms with Crippen molar-refractivity contribution in [3.8, 4) is 5.75 Å². The van der Waals surface area contributed by atoms with Crippen LogP contribution >= 0.6 is 15.9 Å². The van der Waals surface area contributed by atoms with Crippen molar-refractivity contribution in [3.05, 3.63) is 93.7 Å². The van der Waals surface area contributed by atoms with Gasteiger partial charge in [-0.25, -0.2) is 4.39 Å². The van der Waals surface area contributed by atoms with Crippen molar-refractivity contribution in [1.82, 2.24) is 0 Å². The predicted molar refractivity (Wildman–Crippen MR) is 103 cm³/mol. The maximum absolute atomic E-state index is 12.9. The minimum absolute atomic E-state index is 0.248. The Morgan fingerprint density at radius 2 is 1.80 bits per heavy atom. The lowest BCUT2D eigenvalue weighted by atomic mass is 10.2. The Bertz CT molecular complexity index is 891. The molecule has 2 nitrogen and oxygen atoms in total. The van der Waals surface area contributed by atoms with E-state index >= 15 is 0 Å². The minimum Gasteiger partial charge on any atom is -0.488 e. The highest BCUT2D eigenvalue weighted by molar-refractivity contribution is 9.10. The maximum atomic E-state index is 12.9. The van der Waals surface area contributed by atoms with E-state index in [4.69, 9.17) is 4.74 Å². The first-order valence-electron chi connectivity index (χ1n) is 7.88. The van der Waals surface area contributed by atoms with Gasteiger partial charge in [0.25, 0.3) is 0 Å². The third kappa shape index (κ3) is 4.77. The summed E-state index contributed by atoms with van der Waals surface area (Å²) in [7, 11) is 0. The SMILES string of the molecule is Cc1ccccc1N=Cc1ccc(OCc2ccc(F)cc2)c(Br)c1. The van der Waals surface area contributed by atoms with Gasteiger partial charge in [0.15, 0.2) is 0 Å². The summed E-state index contributed by atoms with van der Waals surface area (Å²) in [4.78, 5) is 4.53. The van der Waals surface area contributed by atoms with E-state index in [0.29, 0.717) is 6.61 Å². The van der Waals surface area contributed by atoms with Crippen molar-refractivity contribution in [3.63, 3.8) is 0 Å². The van der Waals surface area contributed by atoms with E-state index < -0.39 is 0 Å². The highest BCUT2D eigenvalue weighted by atomic mass is 79.9. The molecule has 25 heavy (non-hydrogen) atoms. The fourth-order valence-corrected chi connectivity index (χ4v) is 2.82. The molecule has 0 saturated carbocycles. The normalized spacial score (nSPS) is 11.0. The molecule has 0 radical (unpaired) electrons. The van der Waals surface area contributed by atoms with Gasteiger partial charge in [-0.3, -0.25) is 4.99 Å². The number of hydrogen-bond donors (Lipinski definition) is 0. The van der Waals surface area contributed by atoms with Crippen molar-refractivity contribution in [1.29, 1.82) is 0 Å². The van der Waals surface area contributed by atoms with Crippen LogP contribution in [0.3, 0.4) is 0 Å². The summed E-state index contributed by atoms with van der Waals surface area (Å²) in [5.74, 6) is 0.486. The third-order valence-electron chi connectivity index (χ3n) is 3.73. The van der Waals surface area contributed by atoms with Gasteiger partial charge < -0.3 is 4.74 Å². The molecule has 0 aliphatic carbocycles. The van der Waals surface area contributed by atoms with Gasteiger partial charge in [0, 0.05) is 6.21 Å². The van der Waals surface area contributed by atoms with Crippen LogP contribution in [0.1, 0.15) is 16.7 Å². The number of benzene rings is 3. The Hall–Kier alpha value is -2.46. The van der Waals surface area contributed by atoms with E-state index in [0.717, 1.165) is 32.6 Å². The summed E-state index contributed by atoms with van der Waals surface area (Å²) in [5.41, 5.74) is 3.98. The molecule has 0 heterocycles. The molecule has 4 heteroatoms. The molecule has 0 spiro atoms. The molecular weight excluding hydrogens is 381 g/mol. The molecule has 3 aromatic carbocycles. The van der Waals surface area contributed by atoms with Crippen LogP contribution in [0.25, 0.3) is 0 Å². The first kappa shape index (κ1) is 17.4. The molecule has 0 aliphatic heterocycles. The number of aryl methyl sites for hydroxylation is 1. The summed E-state index contributed by atoms with van der Waals surface area (Å²) in [6.45, 7) is 2.42. The van der Waals surface area contributed by atoms with Crippen molar-refractivity contribution in [2.75, 3.05) is 0 Å². The monoisotopic (exact) mass is 397 g/mol. The molecule has 0 amide bonds. The van der Waals surface area contributed by atoms with Crippen molar-refractivity contribution >= 4 is 27.8 Å². The number of para-hydroxylation sites is 1. The number of ether oxygens (including phenoxy) is 1. The number of halogens is 2. The topological polar surface area (TPSA) is 21.6 Å². The molecule has 3 aromatic rings. The van der Waals surface area contributed by atoms with Crippen LogP contribution < -0.4 is 4.74 Å². The lowest BCUT2D eigenvalue weighted by molar-refractivity contribution is 0.304. The zero-order valence-electron chi connectivity index (χ0n) is 13.7. The van der Waals surface area contributed by atoms with Gasteiger partial charge >= 0.3 is 0 Å². The van der Waals surface area contributed by atoms with Crippen molar-refractivity contribution in [2.24, 2.45) is 4.99 Å². The van der Waals surface area contributed by atoms with Crippen LogP contribution in [0.2, 0.25) is 0 Å². The van der Waals surface area contributed by atoms with Gasteiger partial charge in [0.1, 0.15) is 18.2 Å². The summed E-state index contributed by atoms with van der Waals surface area (Å²) in [6.07, 6.45) is 1.83. The Balaban J connectivity index is 1.68. The number of aliphatic imine (C=N–C) groups is 1.